The molecule has 11 heteroatoms. The Bertz CT molecular complexity index is 1520. The number of hydrogen-bond acceptors (Lipinski definition) is 6. The summed E-state index contributed by atoms with van der Waals surface area (Å²) in [5.41, 5.74) is 0. The number of hydrogen-bond donors (Lipinski definition) is 0. The van der Waals surface area contributed by atoms with E-state index in [-0.39, 0.29) is 28.9 Å². The van der Waals surface area contributed by atoms with Gasteiger partial charge in [0.05, 0.1) is 16.9 Å². The van der Waals surface area contributed by atoms with E-state index in [1.807, 2.05) is 13.2 Å². The number of rotatable bonds is 6. The zero-order valence-electron chi connectivity index (χ0n) is 20.6. The van der Waals surface area contributed by atoms with E-state index in [0.29, 0.717) is 22.9 Å². The fraction of sp³-hybridized carbons (Fsp3) is 0.346. The van der Waals surface area contributed by atoms with Crippen LogP contribution in [0.25, 0.3) is 10.8 Å². The van der Waals surface area contributed by atoms with Gasteiger partial charge in [0.25, 0.3) is 0 Å². The van der Waals surface area contributed by atoms with Gasteiger partial charge in [0.1, 0.15) is 0 Å². The van der Waals surface area contributed by atoms with Gasteiger partial charge < -0.3 is 14.2 Å². The zero-order valence-corrected chi connectivity index (χ0v) is 23.0. The monoisotopic (exact) mass is 561 g/mol. The number of carbonyl (C=O) groups excluding carboxylic acids is 2. The highest BCUT2D eigenvalue weighted by molar-refractivity contribution is 7.91. The predicted molar refractivity (Wildman–Crippen MR) is 144 cm³/mol. The maximum absolute atomic E-state index is 12.9. The third-order valence-corrected chi connectivity index (χ3v) is 9.48. The molecule has 1 fully saturated rings. The van der Waals surface area contributed by atoms with Gasteiger partial charge in [-0.25, -0.2) is 13.2 Å². The minimum absolute atomic E-state index is 0.0586. The quantitative estimate of drug-likeness (QED) is 0.393. The Balaban J connectivity index is 1.33. The van der Waals surface area contributed by atoms with Crippen LogP contribution in [0.2, 0.25) is 5.02 Å². The number of thiazole rings is 1. The third kappa shape index (κ3) is 6.68. The molecule has 2 amide bonds. The fourth-order valence-corrected chi connectivity index (χ4v) is 6.85. The van der Waals surface area contributed by atoms with Crippen molar-refractivity contribution < 1.29 is 22.7 Å². The van der Waals surface area contributed by atoms with Crippen molar-refractivity contribution in [1.29, 1.82) is 0 Å². The molecule has 0 bridgehead atoms. The molecular formula is C26H28ClN3O5S2. The predicted octanol–water partition coefficient (Wildman–Crippen LogP) is 5.03. The van der Waals surface area contributed by atoms with E-state index >= 15 is 0 Å². The van der Waals surface area contributed by atoms with Crippen molar-refractivity contribution in [2.24, 2.45) is 12.0 Å². The summed E-state index contributed by atoms with van der Waals surface area (Å²) in [5.74, 6) is -0.154. The molecule has 0 atom stereocenters. The molecule has 0 spiro atoms. The van der Waals surface area contributed by atoms with Crippen molar-refractivity contribution in [3.8, 4) is 0 Å². The standard InChI is InChI=1S/C26H28ClN3O5S2/c1-3-13-35-26(32)28-25-29(2)17-23(36-25)18-8-11-30(12-9-18)24(31)10-14-37(33,34)22-7-5-19-15-21(27)6-4-20(19)16-22/h3-7,13,15-18H,8-12,14H2,1-2H3. The Morgan fingerprint density at radius 2 is 1.86 bits per heavy atom. The zero-order chi connectivity index (χ0) is 26.6. The number of benzene rings is 2. The molecule has 1 aromatic heterocycles. The van der Waals surface area contributed by atoms with Crippen LogP contribution in [0, 0.1) is 0 Å². The van der Waals surface area contributed by atoms with E-state index in [4.69, 9.17) is 16.3 Å². The van der Waals surface area contributed by atoms with Crippen molar-refractivity contribution in [3.63, 3.8) is 0 Å². The first-order valence-corrected chi connectivity index (χ1v) is 14.7. The second-order valence-electron chi connectivity index (χ2n) is 8.87. The smallest absolute Gasteiger partial charge is 0.417 e. The average molecular weight is 562 g/mol. The van der Waals surface area contributed by atoms with E-state index in [9.17, 15) is 18.0 Å². The maximum Gasteiger partial charge on any atom is 0.441 e. The lowest BCUT2D eigenvalue weighted by atomic mass is 9.95. The largest absolute Gasteiger partial charge is 0.441 e. The molecule has 4 rings (SSSR count). The molecule has 1 saturated heterocycles. The first-order valence-electron chi connectivity index (χ1n) is 11.9. The Morgan fingerprint density at radius 3 is 2.59 bits per heavy atom. The van der Waals surface area contributed by atoms with Gasteiger partial charge in [-0.1, -0.05) is 29.8 Å². The van der Waals surface area contributed by atoms with Crippen LogP contribution < -0.4 is 4.80 Å². The molecule has 1 aliphatic rings. The molecule has 0 saturated carbocycles. The summed E-state index contributed by atoms with van der Waals surface area (Å²) in [6.45, 7) is 2.85. The lowest BCUT2D eigenvalue weighted by Crippen LogP contribution is -2.38. The summed E-state index contributed by atoms with van der Waals surface area (Å²) >= 11 is 7.44. The number of ether oxygens (including phenoxy) is 1. The van der Waals surface area contributed by atoms with Crippen molar-refractivity contribution in [3.05, 3.63) is 69.6 Å². The average Bonchev–Trinajstić information content (AvgIpc) is 3.25. The SMILES string of the molecule is CC=COC(=O)N=c1sc(C2CCN(C(=O)CCS(=O)(=O)c3ccc4cc(Cl)ccc4c3)CC2)cn1C. The summed E-state index contributed by atoms with van der Waals surface area (Å²) in [7, 11) is -1.78. The highest BCUT2D eigenvalue weighted by Gasteiger charge is 2.26. The Hall–Kier alpha value is -2.95. The van der Waals surface area contributed by atoms with Crippen LogP contribution in [-0.2, 0) is 26.4 Å². The van der Waals surface area contributed by atoms with E-state index < -0.39 is 15.9 Å². The number of aromatic nitrogens is 1. The molecule has 1 aliphatic heterocycles. The summed E-state index contributed by atoms with van der Waals surface area (Å²) in [5, 5.41) is 2.23. The minimum atomic E-state index is -3.60. The number of aryl methyl sites for hydroxylation is 1. The molecule has 2 heterocycles. The number of halogens is 1. The number of amides is 2. The molecular weight excluding hydrogens is 534 g/mol. The molecule has 37 heavy (non-hydrogen) atoms. The molecule has 196 valence electrons. The Morgan fingerprint density at radius 1 is 1.16 bits per heavy atom. The Kier molecular flexibility index (Phi) is 8.51. The molecule has 2 aromatic carbocycles. The van der Waals surface area contributed by atoms with Gasteiger partial charge in [0.15, 0.2) is 14.6 Å². The van der Waals surface area contributed by atoms with Crippen LogP contribution in [0.4, 0.5) is 4.79 Å². The van der Waals surface area contributed by atoms with Crippen molar-refractivity contribution in [2.75, 3.05) is 18.8 Å². The summed E-state index contributed by atoms with van der Waals surface area (Å²) in [6.07, 6.45) is 5.64. The molecule has 3 aromatic rings. The summed E-state index contributed by atoms with van der Waals surface area (Å²) in [6, 6.07) is 10.2. The summed E-state index contributed by atoms with van der Waals surface area (Å²) < 4.78 is 32.4. The van der Waals surface area contributed by atoms with Crippen LogP contribution in [0.1, 0.15) is 37.0 Å². The van der Waals surface area contributed by atoms with Crippen molar-refractivity contribution in [1.82, 2.24) is 9.47 Å². The van der Waals surface area contributed by atoms with Crippen molar-refractivity contribution in [2.45, 2.75) is 37.0 Å². The van der Waals surface area contributed by atoms with Crippen LogP contribution in [-0.4, -0.2) is 48.7 Å². The van der Waals surface area contributed by atoms with E-state index in [1.165, 1.54) is 17.6 Å². The number of carbonyl (C=O) groups is 2. The molecule has 8 nitrogen and oxygen atoms in total. The van der Waals surface area contributed by atoms with Crippen LogP contribution in [0.3, 0.4) is 0 Å². The van der Waals surface area contributed by atoms with Gasteiger partial charge in [-0.05, 0) is 60.7 Å². The fourth-order valence-electron chi connectivity index (χ4n) is 4.27. The highest BCUT2D eigenvalue weighted by atomic mass is 35.5. The number of likely N-dealkylation sites (tertiary alicyclic amines) is 1. The van der Waals surface area contributed by atoms with Gasteiger partial charge in [0, 0.05) is 42.7 Å². The van der Waals surface area contributed by atoms with Gasteiger partial charge in [-0.2, -0.15) is 0 Å². The summed E-state index contributed by atoms with van der Waals surface area (Å²) in [4.78, 5) is 32.2. The molecule has 0 N–H and O–H groups in total. The van der Waals surface area contributed by atoms with Gasteiger partial charge in [0.2, 0.25) is 5.91 Å². The van der Waals surface area contributed by atoms with Gasteiger partial charge in [-0.3, -0.25) is 4.79 Å². The third-order valence-electron chi connectivity index (χ3n) is 6.29. The number of sulfone groups is 1. The first-order chi connectivity index (χ1) is 17.7. The van der Waals surface area contributed by atoms with Gasteiger partial charge in [-0.15, -0.1) is 16.3 Å². The lowest BCUT2D eigenvalue weighted by Gasteiger charge is -2.31. The van der Waals surface area contributed by atoms with E-state index in [0.717, 1.165) is 28.5 Å². The van der Waals surface area contributed by atoms with E-state index in [2.05, 4.69) is 4.99 Å². The first kappa shape index (κ1) is 27.1. The second kappa shape index (κ2) is 11.6. The maximum atomic E-state index is 12.9. The number of fused-ring (bicyclic) bond motifs is 1. The van der Waals surface area contributed by atoms with Crippen LogP contribution in [0.15, 0.2) is 64.8 Å². The van der Waals surface area contributed by atoms with Crippen LogP contribution in [0.5, 0.6) is 0 Å². The Labute approximate surface area is 224 Å². The van der Waals surface area contributed by atoms with Crippen molar-refractivity contribution >= 4 is 55.5 Å². The molecule has 0 aliphatic carbocycles. The normalized spacial score (nSPS) is 15.5. The minimum Gasteiger partial charge on any atom is -0.417 e. The lowest BCUT2D eigenvalue weighted by molar-refractivity contribution is -0.131. The molecule has 0 radical (unpaired) electrons. The number of allylic oxidation sites excluding steroid dienone is 1. The second-order valence-corrected chi connectivity index (χ2v) is 12.5. The van der Waals surface area contributed by atoms with E-state index in [1.54, 1.807) is 58.9 Å². The van der Waals surface area contributed by atoms with Crippen LogP contribution >= 0.6 is 22.9 Å². The van der Waals surface area contributed by atoms with Gasteiger partial charge >= 0.3 is 6.09 Å². The number of piperidine rings is 1. The topological polar surface area (TPSA) is 98.0 Å². The number of nitrogens with zero attached hydrogens (tertiary/aromatic N) is 3. The molecule has 0 unspecified atom stereocenters. The highest BCUT2D eigenvalue weighted by Crippen LogP contribution is 2.30.